The number of fused-ring (bicyclic) bond motifs is 1. The molecule has 9 heteroatoms. The molecule has 7 N–H and O–H groups in total. The van der Waals surface area contributed by atoms with E-state index in [0.29, 0.717) is 19.1 Å². The first kappa shape index (κ1) is 15.9. The van der Waals surface area contributed by atoms with Crippen molar-refractivity contribution < 1.29 is 14.9 Å². The van der Waals surface area contributed by atoms with Gasteiger partial charge in [0.2, 0.25) is 0 Å². The van der Waals surface area contributed by atoms with Gasteiger partial charge >= 0.3 is 0 Å². The summed E-state index contributed by atoms with van der Waals surface area (Å²) < 4.78 is 5.92. The lowest BCUT2D eigenvalue weighted by molar-refractivity contribution is -0.0994. The number of hydrogen-bond acceptors (Lipinski definition) is 9. The fraction of sp³-hybridized carbons (Fsp3) is 1.00. The third-order valence-corrected chi connectivity index (χ3v) is 5.37. The highest BCUT2D eigenvalue weighted by Gasteiger charge is 2.51. The van der Waals surface area contributed by atoms with Gasteiger partial charge in [-0.25, -0.2) is 4.90 Å². The van der Waals surface area contributed by atoms with Crippen LogP contribution in [0, 0.1) is 0 Å². The maximum absolute atomic E-state index is 10.3. The number of aliphatic hydroxyl groups excluding tert-OH is 2. The first-order chi connectivity index (χ1) is 10.1. The Morgan fingerprint density at radius 1 is 1.29 bits per heavy atom. The van der Waals surface area contributed by atoms with E-state index in [1.54, 1.807) is 11.8 Å². The molecule has 3 aliphatic heterocycles. The number of nitrogens with one attached hydrogen (secondary N) is 3. The maximum Gasteiger partial charge on any atom is 0.142 e. The molecule has 122 valence electrons. The summed E-state index contributed by atoms with van der Waals surface area (Å²) in [4.78, 5) is 2.01. The van der Waals surface area contributed by atoms with Crippen LogP contribution in [0.15, 0.2) is 0 Å². The van der Waals surface area contributed by atoms with E-state index in [0.717, 1.165) is 5.75 Å². The van der Waals surface area contributed by atoms with Crippen LogP contribution < -0.4 is 21.7 Å². The van der Waals surface area contributed by atoms with Crippen LogP contribution in [0.5, 0.6) is 0 Å². The van der Waals surface area contributed by atoms with E-state index in [4.69, 9.17) is 10.5 Å². The van der Waals surface area contributed by atoms with Gasteiger partial charge in [0.05, 0.1) is 31.1 Å². The minimum Gasteiger partial charge on any atom is -0.388 e. The van der Waals surface area contributed by atoms with Crippen molar-refractivity contribution in [2.75, 3.05) is 24.8 Å². The molecule has 3 aliphatic rings. The SMILES string of the molecule is CCSC[C@H]1O[C@@H](N2CNC3C(N)NCNC32)[C@H](O)[C@@H]1O. The molecule has 0 spiro atoms. The van der Waals surface area contributed by atoms with Gasteiger partial charge in [-0.2, -0.15) is 11.8 Å². The van der Waals surface area contributed by atoms with E-state index in [-0.39, 0.29) is 24.5 Å². The summed E-state index contributed by atoms with van der Waals surface area (Å²) in [6.45, 7) is 3.25. The Morgan fingerprint density at radius 3 is 2.86 bits per heavy atom. The zero-order valence-corrected chi connectivity index (χ0v) is 12.9. The molecule has 0 aliphatic carbocycles. The number of ether oxygens (including phenoxy) is 1. The van der Waals surface area contributed by atoms with Gasteiger partial charge in [0.15, 0.2) is 0 Å². The molecule has 3 unspecified atom stereocenters. The third-order valence-electron chi connectivity index (χ3n) is 4.39. The first-order valence-electron chi connectivity index (χ1n) is 7.44. The monoisotopic (exact) mass is 319 g/mol. The Morgan fingerprint density at radius 2 is 2.10 bits per heavy atom. The molecule has 0 bridgehead atoms. The quantitative estimate of drug-likeness (QED) is 0.326. The molecule has 3 fully saturated rings. The van der Waals surface area contributed by atoms with Gasteiger partial charge in [-0.05, 0) is 5.75 Å². The van der Waals surface area contributed by atoms with Crippen LogP contribution in [0.4, 0.5) is 0 Å². The van der Waals surface area contributed by atoms with Gasteiger partial charge in [0, 0.05) is 12.4 Å². The van der Waals surface area contributed by atoms with Crippen LogP contribution in [0.1, 0.15) is 6.92 Å². The topological polar surface area (TPSA) is 115 Å². The molecule has 0 saturated carbocycles. The summed E-state index contributed by atoms with van der Waals surface area (Å²) in [6, 6.07) is 0.0516. The molecule has 0 aromatic rings. The van der Waals surface area contributed by atoms with Crippen molar-refractivity contribution in [3.8, 4) is 0 Å². The molecular formula is C12H25N5O3S. The average Bonchev–Trinajstić information content (AvgIpc) is 3.02. The molecule has 0 radical (unpaired) electrons. The van der Waals surface area contributed by atoms with E-state index in [9.17, 15) is 10.2 Å². The highest BCUT2D eigenvalue weighted by atomic mass is 32.2. The molecule has 3 rings (SSSR count). The van der Waals surface area contributed by atoms with E-state index < -0.39 is 18.4 Å². The Hall–Kier alpha value is 0.0300. The maximum atomic E-state index is 10.3. The van der Waals surface area contributed by atoms with E-state index in [1.165, 1.54) is 0 Å². The molecule has 0 aromatic heterocycles. The minimum absolute atomic E-state index is 0.00863. The molecule has 3 saturated heterocycles. The predicted molar refractivity (Wildman–Crippen MR) is 80.2 cm³/mol. The van der Waals surface area contributed by atoms with Gasteiger partial charge in [-0.1, -0.05) is 6.92 Å². The second-order valence-electron chi connectivity index (χ2n) is 5.66. The first-order valence-corrected chi connectivity index (χ1v) is 8.59. The van der Waals surface area contributed by atoms with E-state index >= 15 is 0 Å². The smallest absolute Gasteiger partial charge is 0.142 e. The lowest BCUT2D eigenvalue weighted by Crippen LogP contribution is -2.68. The molecule has 7 atom stereocenters. The number of aliphatic hydroxyl groups is 2. The van der Waals surface area contributed by atoms with Crippen LogP contribution in [0.2, 0.25) is 0 Å². The summed E-state index contributed by atoms with van der Waals surface area (Å²) >= 11 is 1.70. The second-order valence-corrected chi connectivity index (χ2v) is 6.98. The van der Waals surface area contributed by atoms with Crippen LogP contribution in [-0.4, -0.2) is 82.9 Å². The number of nitrogens with two attached hydrogens (primary N) is 1. The number of nitrogens with zero attached hydrogens (tertiary/aromatic N) is 1. The van der Waals surface area contributed by atoms with Gasteiger partial charge in [-0.15, -0.1) is 0 Å². The lowest BCUT2D eigenvalue weighted by Gasteiger charge is -2.38. The number of rotatable bonds is 4. The van der Waals surface area contributed by atoms with Crippen LogP contribution in [-0.2, 0) is 4.74 Å². The van der Waals surface area contributed by atoms with Gasteiger partial charge < -0.3 is 20.7 Å². The average molecular weight is 319 g/mol. The summed E-state index contributed by atoms with van der Waals surface area (Å²) in [5.41, 5.74) is 6.04. The summed E-state index contributed by atoms with van der Waals surface area (Å²) in [7, 11) is 0. The van der Waals surface area contributed by atoms with Crippen molar-refractivity contribution in [2.24, 2.45) is 5.73 Å². The van der Waals surface area contributed by atoms with Crippen molar-refractivity contribution in [1.82, 2.24) is 20.9 Å². The van der Waals surface area contributed by atoms with E-state index in [2.05, 4.69) is 22.9 Å². The van der Waals surface area contributed by atoms with Gasteiger partial charge in [0.1, 0.15) is 18.4 Å². The number of thioether (sulfide) groups is 1. The minimum atomic E-state index is -0.902. The van der Waals surface area contributed by atoms with Crippen molar-refractivity contribution in [1.29, 1.82) is 0 Å². The van der Waals surface area contributed by atoms with Crippen molar-refractivity contribution in [3.05, 3.63) is 0 Å². The fourth-order valence-corrected chi connectivity index (χ4v) is 3.97. The standard InChI is InChI=1S/C12H25N5O3S/c1-2-21-3-6-8(18)9(19)12(20-6)17-5-16-7-10(13)14-4-15-11(7)17/h6-12,14-16,18-19H,2-5,13H2,1H3/t6-,7?,8-,9-,10?,11?,12-/m1/s1. The Bertz CT molecular complexity index is 366. The second kappa shape index (κ2) is 6.65. The van der Waals surface area contributed by atoms with Crippen molar-refractivity contribution in [3.63, 3.8) is 0 Å². The molecular weight excluding hydrogens is 294 g/mol. The normalized spacial score (nSPS) is 47.7. The predicted octanol–water partition coefficient (Wildman–Crippen LogP) is -2.82. The lowest BCUT2D eigenvalue weighted by atomic mass is 10.1. The highest BCUT2D eigenvalue weighted by Crippen LogP contribution is 2.29. The summed E-state index contributed by atoms with van der Waals surface area (Å²) in [5, 5.41) is 30.3. The van der Waals surface area contributed by atoms with E-state index in [1.807, 2.05) is 4.90 Å². The Labute approximate surface area is 128 Å². The van der Waals surface area contributed by atoms with Crippen molar-refractivity contribution >= 4 is 11.8 Å². The third kappa shape index (κ3) is 2.94. The zero-order valence-electron chi connectivity index (χ0n) is 12.1. The molecule has 8 nitrogen and oxygen atoms in total. The summed E-state index contributed by atoms with van der Waals surface area (Å²) in [5.74, 6) is 1.65. The van der Waals surface area contributed by atoms with Gasteiger partial charge in [-0.3, -0.25) is 16.0 Å². The van der Waals surface area contributed by atoms with Crippen molar-refractivity contribution in [2.45, 2.75) is 49.8 Å². The number of hydrogen-bond donors (Lipinski definition) is 6. The highest BCUT2D eigenvalue weighted by molar-refractivity contribution is 7.99. The zero-order chi connectivity index (χ0) is 15.0. The van der Waals surface area contributed by atoms with Crippen LogP contribution >= 0.6 is 11.8 Å². The Balaban J connectivity index is 1.66. The van der Waals surface area contributed by atoms with Crippen LogP contribution in [0.3, 0.4) is 0 Å². The van der Waals surface area contributed by atoms with Gasteiger partial charge in [0.25, 0.3) is 0 Å². The largest absolute Gasteiger partial charge is 0.388 e. The Kier molecular flexibility index (Phi) is 5.04. The molecule has 0 amide bonds. The molecule has 3 heterocycles. The fourth-order valence-electron chi connectivity index (χ4n) is 3.23. The van der Waals surface area contributed by atoms with Crippen LogP contribution in [0.25, 0.3) is 0 Å². The molecule has 21 heavy (non-hydrogen) atoms. The molecule has 0 aromatic carbocycles. The summed E-state index contributed by atoms with van der Waals surface area (Å²) in [6.07, 6.45) is -2.74.